The van der Waals surface area contributed by atoms with Crippen LogP contribution in [0.25, 0.3) is 11.1 Å². The molecule has 0 radical (unpaired) electrons. The summed E-state index contributed by atoms with van der Waals surface area (Å²) in [6.45, 7) is 7.70. The zero-order valence-corrected chi connectivity index (χ0v) is 15.3. The number of nitrogens with zero attached hydrogens (tertiary/aromatic N) is 2. The number of pyridine rings is 1. The van der Waals surface area contributed by atoms with Crippen LogP contribution < -0.4 is 10.1 Å². The van der Waals surface area contributed by atoms with Crippen LogP contribution in [-0.2, 0) is 0 Å². The van der Waals surface area contributed by atoms with E-state index in [0.717, 1.165) is 11.3 Å². The molecule has 1 aliphatic rings. The first-order chi connectivity index (χ1) is 12.3. The van der Waals surface area contributed by atoms with Crippen LogP contribution in [0, 0.1) is 13.8 Å². The second-order valence-electron chi connectivity index (χ2n) is 7.39. The Balaban J connectivity index is 1.72. The normalized spacial score (nSPS) is 18.2. The number of fused-ring (bicyclic) bond motifs is 2. The van der Waals surface area contributed by atoms with Gasteiger partial charge in [0.25, 0.3) is 11.6 Å². The molecule has 1 aromatic carbocycles. The van der Waals surface area contributed by atoms with Crippen LogP contribution in [0.4, 0.5) is 0 Å². The van der Waals surface area contributed by atoms with Crippen LogP contribution in [-0.4, -0.2) is 21.6 Å². The third kappa shape index (κ3) is 2.81. The van der Waals surface area contributed by atoms with Crippen molar-refractivity contribution in [3.63, 3.8) is 0 Å². The first-order valence-corrected chi connectivity index (χ1v) is 8.66. The predicted octanol–water partition coefficient (Wildman–Crippen LogP) is 3.87. The Morgan fingerprint density at radius 1 is 1.27 bits per heavy atom. The molecule has 0 spiro atoms. The highest BCUT2D eigenvalue weighted by Gasteiger charge is 2.34. The highest BCUT2D eigenvalue weighted by molar-refractivity contribution is 6.06. The number of aromatic nitrogens is 2. The van der Waals surface area contributed by atoms with Crippen molar-refractivity contribution < 1.29 is 14.1 Å². The lowest BCUT2D eigenvalue weighted by Gasteiger charge is -2.37. The molecule has 0 unspecified atom stereocenters. The molecule has 1 N–H and O–H groups in total. The minimum absolute atomic E-state index is 0.133. The summed E-state index contributed by atoms with van der Waals surface area (Å²) in [6, 6.07) is 9.47. The smallest absolute Gasteiger partial charge is 0.258 e. The number of amides is 1. The van der Waals surface area contributed by atoms with Crippen molar-refractivity contribution in [3.05, 3.63) is 52.8 Å². The number of ether oxygens (including phenoxy) is 1. The van der Waals surface area contributed by atoms with Crippen LogP contribution in [0.15, 0.2) is 34.9 Å². The summed E-state index contributed by atoms with van der Waals surface area (Å²) < 4.78 is 11.3. The summed E-state index contributed by atoms with van der Waals surface area (Å²) in [5.74, 6) is 0.649. The van der Waals surface area contributed by atoms with Gasteiger partial charge < -0.3 is 14.6 Å². The second-order valence-corrected chi connectivity index (χ2v) is 7.39. The number of hydrogen-bond acceptors (Lipinski definition) is 5. The van der Waals surface area contributed by atoms with E-state index < -0.39 is 0 Å². The average molecular weight is 351 g/mol. The van der Waals surface area contributed by atoms with Crippen molar-refractivity contribution in [2.45, 2.75) is 45.8 Å². The maximum Gasteiger partial charge on any atom is 0.258 e. The van der Waals surface area contributed by atoms with E-state index in [-0.39, 0.29) is 17.6 Å². The zero-order chi connectivity index (χ0) is 18.5. The Kier molecular flexibility index (Phi) is 3.72. The zero-order valence-electron chi connectivity index (χ0n) is 15.3. The largest absolute Gasteiger partial charge is 0.487 e. The van der Waals surface area contributed by atoms with Gasteiger partial charge in [0.05, 0.1) is 22.7 Å². The average Bonchev–Trinajstić information content (AvgIpc) is 2.94. The molecule has 26 heavy (non-hydrogen) atoms. The SMILES string of the molecule is Cc1cc(C(=O)N[C@H]2CC(C)(C)Oc3ccccc32)c2c(C)noc2n1. The minimum Gasteiger partial charge on any atom is -0.487 e. The molecular formula is C20H21N3O3. The van der Waals surface area contributed by atoms with E-state index in [2.05, 4.69) is 15.5 Å². The quantitative estimate of drug-likeness (QED) is 0.758. The summed E-state index contributed by atoms with van der Waals surface area (Å²) in [6.07, 6.45) is 0.686. The maximum atomic E-state index is 13.1. The van der Waals surface area contributed by atoms with Crippen molar-refractivity contribution >= 4 is 17.0 Å². The van der Waals surface area contributed by atoms with E-state index in [9.17, 15) is 4.79 Å². The van der Waals surface area contributed by atoms with Crippen molar-refractivity contribution in [1.82, 2.24) is 15.5 Å². The molecule has 0 aliphatic carbocycles. The first-order valence-electron chi connectivity index (χ1n) is 8.66. The second kappa shape index (κ2) is 5.83. The molecular weight excluding hydrogens is 330 g/mol. The molecule has 1 aliphatic heterocycles. The number of carbonyl (C=O) groups is 1. The lowest BCUT2D eigenvalue weighted by molar-refractivity contribution is 0.0620. The van der Waals surface area contributed by atoms with Crippen LogP contribution in [0.2, 0.25) is 0 Å². The lowest BCUT2D eigenvalue weighted by atomic mass is 9.89. The molecule has 2 aromatic heterocycles. The summed E-state index contributed by atoms with van der Waals surface area (Å²) in [7, 11) is 0. The van der Waals surface area contributed by atoms with Crippen molar-refractivity contribution in [1.29, 1.82) is 0 Å². The van der Waals surface area contributed by atoms with E-state index in [4.69, 9.17) is 9.26 Å². The topological polar surface area (TPSA) is 77.2 Å². The third-order valence-electron chi connectivity index (χ3n) is 4.67. The van der Waals surface area contributed by atoms with E-state index in [1.54, 1.807) is 6.07 Å². The van der Waals surface area contributed by atoms with Crippen LogP contribution in [0.5, 0.6) is 5.75 Å². The van der Waals surface area contributed by atoms with Gasteiger partial charge in [0.1, 0.15) is 11.4 Å². The molecule has 1 amide bonds. The van der Waals surface area contributed by atoms with Gasteiger partial charge in [0, 0.05) is 17.7 Å². The van der Waals surface area contributed by atoms with Gasteiger partial charge in [-0.2, -0.15) is 0 Å². The Labute approximate surface area is 151 Å². The van der Waals surface area contributed by atoms with E-state index in [1.165, 1.54) is 0 Å². The Bertz CT molecular complexity index is 1010. The highest BCUT2D eigenvalue weighted by Crippen LogP contribution is 2.39. The number of rotatable bonds is 2. The Morgan fingerprint density at radius 3 is 2.85 bits per heavy atom. The fraction of sp³-hybridized carbons (Fsp3) is 0.350. The highest BCUT2D eigenvalue weighted by atomic mass is 16.5. The van der Waals surface area contributed by atoms with E-state index in [0.29, 0.717) is 34.5 Å². The molecule has 3 aromatic rings. The molecule has 0 bridgehead atoms. The van der Waals surface area contributed by atoms with Crippen LogP contribution >= 0.6 is 0 Å². The molecule has 134 valence electrons. The van der Waals surface area contributed by atoms with Gasteiger partial charge in [0.2, 0.25) is 0 Å². The predicted molar refractivity (Wildman–Crippen MR) is 97.3 cm³/mol. The first kappa shape index (κ1) is 16.6. The lowest BCUT2D eigenvalue weighted by Crippen LogP contribution is -2.41. The molecule has 4 rings (SSSR count). The number of carbonyl (C=O) groups excluding carboxylic acids is 1. The molecule has 6 heteroatoms. The van der Waals surface area contributed by atoms with Gasteiger partial charge >= 0.3 is 0 Å². The number of benzene rings is 1. The minimum atomic E-state index is -0.358. The van der Waals surface area contributed by atoms with Gasteiger partial charge in [-0.3, -0.25) is 4.79 Å². The fourth-order valence-electron chi connectivity index (χ4n) is 3.56. The van der Waals surface area contributed by atoms with Gasteiger partial charge in [-0.15, -0.1) is 0 Å². The van der Waals surface area contributed by atoms with Crippen molar-refractivity contribution in [3.8, 4) is 5.75 Å². The van der Waals surface area contributed by atoms with Gasteiger partial charge in [-0.05, 0) is 39.8 Å². The van der Waals surface area contributed by atoms with Gasteiger partial charge in [-0.1, -0.05) is 23.4 Å². The summed E-state index contributed by atoms with van der Waals surface area (Å²) in [5, 5.41) is 7.78. The van der Waals surface area contributed by atoms with E-state index >= 15 is 0 Å². The number of nitrogens with one attached hydrogen (secondary N) is 1. The number of aryl methyl sites for hydroxylation is 2. The van der Waals surface area contributed by atoms with E-state index in [1.807, 2.05) is 52.0 Å². The van der Waals surface area contributed by atoms with Crippen molar-refractivity contribution in [2.24, 2.45) is 0 Å². The standard InChI is InChI=1S/C20H21N3O3/c1-11-9-14(17-12(2)23-26-19(17)21-11)18(24)22-15-10-20(3,4)25-16-8-6-5-7-13(15)16/h5-9,15H,10H2,1-4H3,(H,22,24)/t15-/m0/s1. The van der Waals surface area contributed by atoms with Crippen LogP contribution in [0.1, 0.15) is 53.6 Å². The maximum absolute atomic E-state index is 13.1. The van der Waals surface area contributed by atoms with Crippen LogP contribution in [0.3, 0.4) is 0 Å². The molecule has 0 fully saturated rings. The van der Waals surface area contributed by atoms with Gasteiger partial charge in [-0.25, -0.2) is 4.98 Å². The third-order valence-corrected chi connectivity index (χ3v) is 4.67. The fourth-order valence-corrected chi connectivity index (χ4v) is 3.56. The Morgan fingerprint density at radius 2 is 2.04 bits per heavy atom. The monoisotopic (exact) mass is 351 g/mol. The Hall–Kier alpha value is -2.89. The summed E-state index contributed by atoms with van der Waals surface area (Å²) in [5.41, 5.74) is 2.93. The molecule has 3 heterocycles. The summed E-state index contributed by atoms with van der Waals surface area (Å²) in [4.78, 5) is 17.4. The molecule has 0 saturated carbocycles. The molecule has 0 saturated heterocycles. The molecule has 6 nitrogen and oxygen atoms in total. The molecule has 1 atom stereocenters. The number of hydrogen-bond donors (Lipinski definition) is 1. The summed E-state index contributed by atoms with van der Waals surface area (Å²) >= 11 is 0. The van der Waals surface area contributed by atoms with Gasteiger partial charge in [0.15, 0.2) is 0 Å². The number of para-hydroxylation sites is 1. The van der Waals surface area contributed by atoms with Crippen molar-refractivity contribution in [2.75, 3.05) is 0 Å².